The van der Waals surface area contributed by atoms with E-state index in [-0.39, 0.29) is 5.91 Å². The first-order valence-corrected chi connectivity index (χ1v) is 10.8. The number of aryl methyl sites for hydroxylation is 1. The van der Waals surface area contributed by atoms with Gasteiger partial charge in [-0.1, -0.05) is 30.0 Å². The van der Waals surface area contributed by atoms with E-state index in [1.54, 1.807) is 6.20 Å². The number of carbonyl (C=O) groups excluding carboxylic acids is 1. The lowest BCUT2D eigenvalue weighted by molar-refractivity contribution is -0.128. The molecule has 3 heterocycles. The third kappa shape index (κ3) is 4.29. The van der Waals surface area contributed by atoms with Gasteiger partial charge in [-0.05, 0) is 43.2 Å². The van der Waals surface area contributed by atoms with Crippen molar-refractivity contribution in [1.82, 2.24) is 19.4 Å². The summed E-state index contributed by atoms with van der Waals surface area (Å²) in [5, 5.41) is 0.846. The molecule has 1 aliphatic rings. The van der Waals surface area contributed by atoms with Crippen LogP contribution in [-0.2, 0) is 4.79 Å². The zero-order valence-electron chi connectivity index (χ0n) is 16.8. The number of amides is 1. The molecule has 0 atom stereocenters. The molecule has 6 nitrogen and oxygen atoms in total. The van der Waals surface area contributed by atoms with Crippen LogP contribution in [0.4, 0.5) is 5.82 Å². The summed E-state index contributed by atoms with van der Waals surface area (Å²) in [7, 11) is 0. The van der Waals surface area contributed by atoms with Crippen LogP contribution in [0, 0.1) is 13.8 Å². The van der Waals surface area contributed by atoms with E-state index in [0.29, 0.717) is 5.75 Å². The van der Waals surface area contributed by atoms with Crippen LogP contribution in [0.15, 0.2) is 60.1 Å². The Morgan fingerprint density at radius 1 is 1.00 bits per heavy atom. The molecule has 2 aromatic heterocycles. The van der Waals surface area contributed by atoms with Gasteiger partial charge in [0.05, 0.1) is 11.4 Å². The van der Waals surface area contributed by atoms with E-state index in [1.165, 1.54) is 22.9 Å². The summed E-state index contributed by atoms with van der Waals surface area (Å²) < 4.78 is 2.07. The first kappa shape index (κ1) is 19.5. The third-order valence-electron chi connectivity index (χ3n) is 5.37. The number of piperazine rings is 1. The summed E-state index contributed by atoms with van der Waals surface area (Å²) in [6.07, 6.45) is 5.56. The molecule has 1 aliphatic heterocycles. The molecule has 150 valence electrons. The molecule has 4 rings (SSSR count). The van der Waals surface area contributed by atoms with Crippen molar-refractivity contribution in [3.8, 4) is 5.69 Å². The van der Waals surface area contributed by atoms with E-state index in [0.717, 1.165) is 42.8 Å². The number of hydrogen-bond donors (Lipinski definition) is 0. The fourth-order valence-corrected chi connectivity index (χ4v) is 4.39. The van der Waals surface area contributed by atoms with E-state index >= 15 is 0 Å². The predicted molar refractivity (Wildman–Crippen MR) is 117 cm³/mol. The number of thioether (sulfide) groups is 1. The summed E-state index contributed by atoms with van der Waals surface area (Å²) in [6.45, 7) is 7.29. The van der Waals surface area contributed by atoms with Gasteiger partial charge in [0.1, 0.15) is 5.82 Å². The molecule has 0 N–H and O–H groups in total. The third-order valence-corrected chi connectivity index (χ3v) is 6.32. The van der Waals surface area contributed by atoms with Gasteiger partial charge in [0.15, 0.2) is 5.16 Å². The molecule has 0 spiro atoms. The summed E-state index contributed by atoms with van der Waals surface area (Å²) in [4.78, 5) is 25.8. The Balaban J connectivity index is 1.35. The number of nitrogens with zero attached hydrogens (tertiary/aromatic N) is 5. The number of aromatic nitrogens is 3. The molecule has 1 aromatic carbocycles. The Hall–Kier alpha value is -2.80. The van der Waals surface area contributed by atoms with Crippen molar-refractivity contribution in [3.63, 3.8) is 0 Å². The lowest BCUT2D eigenvalue weighted by atomic mass is 10.1. The normalized spacial score (nSPS) is 14.3. The topological polar surface area (TPSA) is 54.3 Å². The first-order chi connectivity index (χ1) is 14.1. The molecule has 0 saturated carbocycles. The average molecular weight is 408 g/mol. The summed E-state index contributed by atoms with van der Waals surface area (Å²) in [5.74, 6) is 1.53. The Kier molecular flexibility index (Phi) is 5.85. The molecular formula is C22H25N5OS. The second-order valence-electron chi connectivity index (χ2n) is 7.14. The fourth-order valence-electron chi connectivity index (χ4n) is 3.52. The molecule has 1 saturated heterocycles. The highest BCUT2D eigenvalue weighted by atomic mass is 32.2. The van der Waals surface area contributed by atoms with Crippen LogP contribution in [0.3, 0.4) is 0 Å². The Morgan fingerprint density at radius 3 is 2.59 bits per heavy atom. The fraction of sp³-hybridized carbons (Fsp3) is 0.318. The highest BCUT2D eigenvalue weighted by molar-refractivity contribution is 7.99. The van der Waals surface area contributed by atoms with Gasteiger partial charge in [0.2, 0.25) is 5.91 Å². The van der Waals surface area contributed by atoms with Gasteiger partial charge in [-0.25, -0.2) is 9.97 Å². The lowest BCUT2D eigenvalue weighted by Gasteiger charge is -2.35. The van der Waals surface area contributed by atoms with Gasteiger partial charge in [0, 0.05) is 44.8 Å². The van der Waals surface area contributed by atoms with Crippen LogP contribution in [-0.4, -0.2) is 57.3 Å². The summed E-state index contributed by atoms with van der Waals surface area (Å²) in [5.41, 5.74) is 3.58. The Bertz CT molecular complexity index is 980. The van der Waals surface area contributed by atoms with E-state index in [2.05, 4.69) is 51.5 Å². The number of pyridine rings is 1. The van der Waals surface area contributed by atoms with Crippen molar-refractivity contribution in [3.05, 3.63) is 66.1 Å². The molecule has 29 heavy (non-hydrogen) atoms. The molecule has 0 bridgehead atoms. The van der Waals surface area contributed by atoms with Crippen molar-refractivity contribution in [2.45, 2.75) is 19.0 Å². The minimum atomic E-state index is 0.159. The number of anilines is 1. The molecule has 1 amide bonds. The van der Waals surface area contributed by atoms with E-state index < -0.39 is 0 Å². The largest absolute Gasteiger partial charge is 0.353 e. The standard InChI is InChI=1S/C22H25N5OS/c1-17-6-5-7-19(18(17)2)27-11-10-24-22(27)29-16-21(28)26-14-12-25(13-15-26)20-8-3-4-9-23-20/h3-11H,12-16H2,1-2H3. The van der Waals surface area contributed by atoms with Gasteiger partial charge in [-0.15, -0.1) is 0 Å². The van der Waals surface area contributed by atoms with Crippen molar-refractivity contribution in [2.75, 3.05) is 36.8 Å². The number of hydrogen-bond acceptors (Lipinski definition) is 5. The van der Waals surface area contributed by atoms with Gasteiger partial charge >= 0.3 is 0 Å². The maximum Gasteiger partial charge on any atom is 0.233 e. The maximum atomic E-state index is 12.7. The lowest BCUT2D eigenvalue weighted by Crippen LogP contribution is -2.49. The smallest absolute Gasteiger partial charge is 0.233 e. The van der Waals surface area contributed by atoms with Gasteiger partial charge in [-0.3, -0.25) is 9.36 Å². The molecule has 3 aromatic rings. The van der Waals surface area contributed by atoms with Gasteiger partial charge < -0.3 is 9.80 Å². The highest BCUT2D eigenvalue weighted by Gasteiger charge is 2.22. The first-order valence-electron chi connectivity index (χ1n) is 9.80. The van der Waals surface area contributed by atoms with Crippen LogP contribution < -0.4 is 4.90 Å². The SMILES string of the molecule is Cc1cccc(-n2ccnc2SCC(=O)N2CCN(c3ccccn3)CC2)c1C. The van der Waals surface area contributed by atoms with Crippen LogP contribution in [0.5, 0.6) is 0 Å². The highest BCUT2D eigenvalue weighted by Crippen LogP contribution is 2.24. The quantitative estimate of drug-likeness (QED) is 0.608. The van der Waals surface area contributed by atoms with Crippen molar-refractivity contribution < 1.29 is 4.79 Å². The van der Waals surface area contributed by atoms with Gasteiger partial charge in [0.25, 0.3) is 0 Å². The minimum Gasteiger partial charge on any atom is -0.353 e. The molecule has 1 fully saturated rings. The number of rotatable bonds is 5. The number of carbonyl (C=O) groups is 1. The van der Waals surface area contributed by atoms with E-state index in [4.69, 9.17) is 0 Å². The molecule has 0 unspecified atom stereocenters. The summed E-state index contributed by atoms with van der Waals surface area (Å²) in [6, 6.07) is 12.2. The Labute approximate surface area is 175 Å². The minimum absolute atomic E-state index is 0.159. The predicted octanol–water partition coefficient (Wildman–Crippen LogP) is 3.33. The van der Waals surface area contributed by atoms with E-state index in [9.17, 15) is 4.79 Å². The number of imidazole rings is 1. The molecular weight excluding hydrogens is 382 g/mol. The molecule has 0 radical (unpaired) electrons. The van der Waals surface area contributed by atoms with Crippen molar-refractivity contribution >= 4 is 23.5 Å². The van der Waals surface area contributed by atoms with Crippen LogP contribution >= 0.6 is 11.8 Å². The summed E-state index contributed by atoms with van der Waals surface area (Å²) >= 11 is 1.50. The zero-order valence-corrected chi connectivity index (χ0v) is 17.6. The van der Waals surface area contributed by atoms with Crippen LogP contribution in [0.1, 0.15) is 11.1 Å². The zero-order chi connectivity index (χ0) is 20.2. The van der Waals surface area contributed by atoms with Crippen LogP contribution in [0.25, 0.3) is 5.69 Å². The second kappa shape index (κ2) is 8.69. The van der Waals surface area contributed by atoms with E-state index in [1.807, 2.05) is 35.5 Å². The maximum absolute atomic E-state index is 12.7. The molecule has 7 heteroatoms. The Morgan fingerprint density at radius 2 is 1.83 bits per heavy atom. The van der Waals surface area contributed by atoms with Crippen molar-refractivity contribution in [1.29, 1.82) is 0 Å². The van der Waals surface area contributed by atoms with Crippen LogP contribution in [0.2, 0.25) is 0 Å². The van der Waals surface area contributed by atoms with Crippen molar-refractivity contribution in [2.24, 2.45) is 0 Å². The number of benzene rings is 1. The second-order valence-corrected chi connectivity index (χ2v) is 8.09. The molecule has 0 aliphatic carbocycles. The van der Waals surface area contributed by atoms with Gasteiger partial charge in [-0.2, -0.15) is 0 Å². The monoisotopic (exact) mass is 407 g/mol. The average Bonchev–Trinajstić information content (AvgIpc) is 3.23.